The summed E-state index contributed by atoms with van der Waals surface area (Å²) in [6.07, 6.45) is 0. The van der Waals surface area contributed by atoms with Crippen LogP contribution in [0.25, 0.3) is 4.25 Å². The van der Waals surface area contributed by atoms with Crippen LogP contribution in [0.5, 0.6) is 0 Å². The zero-order chi connectivity index (χ0) is 9.68. The highest BCUT2D eigenvalue weighted by molar-refractivity contribution is 7.61. The lowest BCUT2D eigenvalue weighted by molar-refractivity contribution is -0.114. The second-order valence-electron chi connectivity index (χ2n) is 2.47. The first-order valence-electron chi connectivity index (χ1n) is 3.68. The molecule has 0 atom stereocenters. The molecule has 1 aromatic carbocycles. The van der Waals surface area contributed by atoms with Crippen LogP contribution in [-0.2, 0) is 17.6 Å². The van der Waals surface area contributed by atoms with Crippen LogP contribution in [0.3, 0.4) is 0 Å². The molecule has 0 heterocycles. The summed E-state index contributed by atoms with van der Waals surface area (Å²) in [5.74, 6) is -0.104. The van der Waals surface area contributed by atoms with E-state index in [0.717, 1.165) is 11.3 Å². The van der Waals surface area contributed by atoms with E-state index in [-0.39, 0.29) is 5.91 Å². The molecule has 0 spiro atoms. The van der Waals surface area contributed by atoms with Gasteiger partial charge in [0, 0.05) is 12.6 Å². The summed E-state index contributed by atoms with van der Waals surface area (Å²) in [4.78, 5) is 10.7. The Labute approximate surface area is 82.1 Å². The number of anilines is 1. The Morgan fingerprint density at radius 2 is 2.38 bits per heavy atom. The van der Waals surface area contributed by atoms with E-state index in [4.69, 9.17) is 0 Å². The zero-order valence-electron chi connectivity index (χ0n) is 7.07. The van der Waals surface area contributed by atoms with Gasteiger partial charge in [-0.1, -0.05) is 6.07 Å². The van der Waals surface area contributed by atoms with E-state index in [0.29, 0.717) is 0 Å². The minimum absolute atomic E-state index is 0.104. The summed E-state index contributed by atoms with van der Waals surface area (Å²) < 4.78 is 3.35. The largest absolute Gasteiger partial charge is 0.326 e. The molecule has 1 aromatic rings. The minimum Gasteiger partial charge on any atom is -0.326 e. The van der Waals surface area contributed by atoms with Crippen molar-refractivity contribution in [2.75, 3.05) is 5.32 Å². The molecule has 3 nitrogen and oxygen atoms in total. The first-order valence-corrected chi connectivity index (χ1v) is 4.05. The Morgan fingerprint density at radius 3 is 3.00 bits per heavy atom. The molecule has 0 aliphatic rings. The van der Waals surface area contributed by atoms with E-state index < -0.39 is 0 Å². The Morgan fingerprint density at radius 1 is 1.62 bits per heavy atom. The highest BCUT2D eigenvalue weighted by atomic mass is 32.1. The average Bonchev–Trinajstić information content (AvgIpc) is 2.04. The van der Waals surface area contributed by atoms with Crippen LogP contribution in [0.15, 0.2) is 24.3 Å². The Hall–Kier alpha value is -1.60. The fourth-order valence-electron chi connectivity index (χ4n) is 0.922. The summed E-state index contributed by atoms with van der Waals surface area (Å²) in [7, 11) is 0. The van der Waals surface area contributed by atoms with Crippen molar-refractivity contribution in [3.05, 3.63) is 34.1 Å². The molecule has 66 valence electrons. The van der Waals surface area contributed by atoms with Crippen molar-refractivity contribution in [3.8, 4) is 6.07 Å². The summed E-state index contributed by atoms with van der Waals surface area (Å²) in [5, 5.41) is 2.65. The number of carbonyl (C=O) groups is 1. The Kier molecular flexibility index (Phi) is 3.23. The lowest BCUT2D eigenvalue weighted by Gasteiger charge is -1.99. The average molecular weight is 192 g/mol. The van der Waals surface area contributed by atoms with Crippen molar-refractivity contribution in [3.63, 3.8) is 0 Å². The number of nitrogens with zero attached hydrogens (tertiary/aromatic N) is 1. The third-order valence-corrected chi connectivity index (χ3v) is 1.45. The fraction of sp³-hybridized carbons (Fsp3) is 0.111. The van der Waals surface area contributed by atoms with Crippen molar-refractivity contribution in [1.29, 1.82) is 0 Å². The lowest BCUT2D eigenvalue weighted by atomic mass is 10.2. The van der Waals surface area contributed by atoms with Gasteiger partial charge in [-0.15, -0.1) is 0 Å². The van der Waals surface area contributed by atoms with Gasteiger partial charge in [0.25, 0.3) is 6.07 Å². The van der Waals surface area contributed by atoms with Crippen LogP contribution >= 0.6 is 0 Å². The van der Waals surface area contributed by atoms with Crippen LogP contribution < -0.4 is 5.32 Å². The SMILES string of the molecule is CC(=O)Nc1cccc(C#[N+][S-])c1. The maximum absolute atomic E-state index is 10.7. The van der Waals surface area contributed by atoms with Gasteiger partial charge >= 0.3 is 0 Å². The Bertz CT molecular complexity index is 379. The molecule has 0 aromatic heterocycles. The summed E-state index contributed by atoms with van der Waals surface area (Å²) >= 11 is 4.39. The number of hydrogen-bond acceptors (Lipinski definition) is 2. The van der Waals surface area contributed by atoms with Crippen molar-refractivity contribution in [1.82, 2.24) is 0 Å². The second kappa shape index (κ2) is 4.43. The van der Waals surface area contributed by atoms with Gasteiger partial charge in [-0.3, -0.25) is 17.6 Å². The maximum Gasteiger partial charge on any atom is 0.291 e. The minimum atomic E-state index is -0.104. The van der Waals surface area contributed by atoms with Gasteiger partial charge in [-0.2, -0.15) is 4.25 Å². The molecule has 0 aliphatic heterocycles. The lowest BCUT2D eigenvalue weighted by Crippen LogP contribution is -2.05. The summed E-state index contributed by atoms with van der Waals surface area (Å²) in [6.45, 7) is 1.46. The topological polar surface area (TPSA) is 33.5 Å². The third kappa shape index (κ3) is 3.09. The summed E-state index contributed by atoms with van der Waals surface area (Å²) in [6, 6.07) is 9.75. The van der Waals surface area contributed by atoms with E-state index in [9.17, 15) is 4.79 Å². The van der Waals surface area contributed by atoms with Crippen LogP contribution in [0.1, 0.15) is 12.5 Å². The van der Waals surface area contributed by atoms with E-state index in [2.05, 4.69) is 28.5 Å². The second-order valence-corrected chi connectivity index (χ2v) is 2.65. The zero-order valence-corrected chi connectivity index (χ0v) is 7.89. The van der Waals surface area contributed by atoms with Gasteiger partial charge < -0.3 is 5.32 Å². The molecule has 0 fully saturated rings. The first-order chi connectivity index (χ1) is 6.22. The predicted molar refractivity (Wildman–Crippen MR) is 54.5 cm³/mol. The molecule has 4 heteroatoms. The van der Waals surface area contributed by atoms with E-state index in [1.807, 2.05) is 0 Å². The number of hydrogen-bond donors (Lipinski definition) is 1. The molecule has 0 bridgehead atoms. The van der Waals surface area contributed by atoms with Gasteiger partial charge in [-0.25, -0.2) is 0 Å². The van der Waals surface area contributed by atoms with Gasteiger partial charge in [0.1, 0.15) is 5.56 Å². The van der Waals surface area contributed by atoms with Gasteiger partial charge in [0.15, 0.2) is 0 Å². The molecule has 1 amide bonds. The Balaban J connectivity index is 2.89. The monoisotopic (exact) mass is 192 g/mol. The van der Waals surface area contributed by atoms with Gasteiger partial charge in [-0.05, 0) is 18.2 Å². The van der Waals surface area contributed by atoms with E-state index in [1.165, 1.54) is 6.92 Å². The highest BCUT2D eigenvalue weighted by Gasteiger charge is 1.97. The molecule has 1 rings (SSSR count). The normalized spacial score (nSPS) is 8.38. The first kappa shape index (κ1) is 9.49. The van der Waals surface area contributed by atoms with Crippen molar-refractivity contribution in [2.24, 2.45) is 0 Å². The molecule has 1 N–H and O–H groups in total. The van der Waals surface area contributed by atoms with Gasteiger partial charge in [0.05, 0.1) is 0 Å². The quantitative estimate of drug-likeness (QED) is 0.688. The van der Waals surface area contributed by atoms with Crippen molar-refractivity contribution >= 4 is 24.4 Å². The van der Waals surface area contributed by atoms with Gasteiger partial charge in [0.2, 0.25) is 5.91 Å². The van der Waals surface area contributed by atoms with Crippen LogP contribution in [0.4, 0.5) is 5.69 Å². The predicted octanol–water partition coefficient (Wildman–Crippen LogP) is 1.79. The van der Waals surface area contributed by atoms with Crippen LogP contribution in [-0.4, -0.2) is 5.91 Å². The van der Waals surface area contributed by atoms with Crippen molar-refractivity contribution in [2.45, 2.75) is 6.92 Å². The molecule has 0 unspecified atom stereocenters. The smallest absolute Gasteiger partial charge is 0.291 e. The van der Waals surface area contributed by atoms with Crippen LogP contribution in [0.2, 0.25) is 0 Å². The van der Waals surface area contributed by atoms with Crippen molar-refractivity contribution < 1.29 is 4.79 Å². The molecule has 0 radical (unpaired) electrons. The van der Waals surface area contributed by atoms with E-state index >= 15 is 0 Å². The molecule has 0 aliphatic carbocycles. The molecule has 0 saturated carbocycles. The molecule has 13 heavy (non-hydrogen) atoms. The molecule has 0 saturated heterocycles. The number of rotatable bonds is 1. The standard InChI is InChI=1S/C9H8N2OS/c1-7(12)11-9-4-2-3-8(5-9)6-10-13/h2-5H,1H3,(H,11,12). The van der Waals surface area contributed by atoms with Crippen LogP contribution in [0, 0.1) is 6.07 Å². The highest BCUT2D eigenvalue weighted by Crippen LogP contribution is 2.09. The number of benzene rings is 1. The number of amides is 1. The molecular weight excluding hydrogens is 184 g/mol. The third-order valence-electron chi connectivity index (χ3n) is 1.36. The summed E-state index contributed by atoms with van der Waals surface area (Å²) in [5.41, 5.74) is 1.47. The number of nitrogens with one attached hydrogen (secondary N) is 1. The maximum atomic E-state index is 10.7. The fourth-order valence-corrected chi connectivity index (χ4v) is 1.03. The van der Waals surface area contributed by atoms with E-state index in [1.54, 1.807) is 24.3 Å². The number of carbonyl (C=O) groups excluding carboxylic acids is 1. The molecular formula is C9H8N2OS.